The van der Waals surface area contributed by atoms with Gasteiger partial charge in [0.2, 0.25) is 0 Å². The van der Waals surface area contributed by atoms with E-state index in [9.17, 15) is 0 Å². The number of hydrogen-bond acceptors (Lipinski definition) is 5. The highest BCUT2D eigenvalue weighted by Crippen LogP contribution is 1.76. The van der Waals surface area contributed by atoms with Gasteiger partial charge in [-0.2, -0.15) is 10.6 Å². The molecule has 1 heterocycles. The van der Waals surface area contributed by atoms with Crippen molar-refractivity contribution in [1.29, 1.82) is 0 Å². The Labute approximate surface area is 40.8 Å². The monoisotopic (exact) mass is 102 g/mol. The molecule has 0 unspecified atom stereocenters. The molecule has 1 rings (SSSR count). The Kier molecular flexibility index (Phi) is 1.10. The Hall–Kier alpha value is -0.810. The first-order valence-electron chi connectivity index (χ1n) is 1.81. The Bertz CT molecular complexity index is 73.8. The van der Waals surface area contributed by atoms with Crippen LogP contribution in [0.5, 0.6) is 0 Å². The van der Waals surface area contributed by atoms with Gasteiger partial charge in [0, 0.05) is 5.28 Å². The molecule has 0 bridgehead atoms. The van der Waals surface area contributed by atoms with Gasteiger partial charge < -0.3 is 0 Å². The molecular formula is C2H6N4O. The summed E-state index contributed by atoms with van der Waals surface area (Å²) >= 11 is 0. The molecule has 5 heteroatoms. The van der Waals surface area contributed by atoms with E-state index in [4.69, 9.17) is 0 Å². The summed E-state index contributed by atoms with van der Waals surface area (Å²) in [6.07, 6.45) is 1.48. The zero-order valence-electron chi connectivity index (χ0n) is 3.88. The maximum Gasteiger partial charge on any atom is 0.128 e. The van der Waals surface area contributed by atoms with Crippen molar-refractivity contribution in [2.24, 2.45) is 5.10 Å². The maximum absolute atomic E-state index is 4.60. The van der Waals surface area contributed by atoms with Gasteiger partial charge in [-0.3, -0.25) is 10.3 Å². The van der Waals surface area contributed by atoms with E-state index in [-0.39, 0.29) is 0 Å². The third-order valence-electron chi connectivity index (χ3n) is 0.571. The lowest BCUT2D eigenvalue weighted by atomic mass is 11.4. The van der Waals surface area contributed by atoms with E-state index in [1.54, 1.807) is 0 Å². The van der Waals surface area contributed by atoms with Crippen LogP contribution in [0.2, 0.25) is 0 Å². The Morgan fingerprint density at radius 3 is 3.00 bits per heavy atom. The van der Waals surface area contributed by atoms with Crippen molar-refractivity contribution in [3.05, 3.63) is 0 Å². The quantitative estimate of drug-likeness (QED) is 0.437. The van der Waals surface area contributed by atoms with Gasteiger partial charge in [0.1, 0.15) is 6.34 Å². The van der Waals surface area contributed by atoms with Crippen molar-refractivity contribution in [2.75, 3.05) is 7.11 Å². The summed E-state index contributed by atoms with van der Waals surface area (Å²) in [6.45, 7) is 0. The van der Waals surface area contributed by atoms with Crippen molar-refractivity contribution in [2.45, 2.75) is 0 Å². The molecule has 0 saturated heterocycles. The summed E-state index contributed by atoms with van der Waals surface area (Å²) in [5.74, 6) is 0. The second kappa shape index (κ2) is 1.76. The van der Waals surface area contributed by atoms with Crippen LogP contribution in [0.25, 0.3) is 0 Å². The highest BCUT2D eigenvalue weighted by molar-refractivity contribution is 5.53. The predicted octanol–water partition coefficient (Wildman–Crippen LogP) is -1.18. The highest BCUT2D eigenvalue weighted by Gasteiger charge is 1.99. The van der Waals surface area contributed by atoms with Gasteiger partial charge in [0.25, 0.3) is 0 Å². The van der Waals surface area contributed by atoms with E-state index in [0.717, 1.165) is 0 Å². The van der Waals surface area contributed by atoms with Crippen LogP contribution in [0.15, 0.2) is 5.10 Å². The normalized spacial score (nSPS) is 19.0. The number of rotatable bonds is 1. The molecule has 0 atom stereocenters. The average molecular weight is 102 g/mol. The molecule has 7 heavy (non-hydrogen) atoms. The van der Waals surface area contributed by atoms with Crippen molar-refractivity contribution in [3.63, 3.8) is 0 Å². The van der Waals surface area contributed by atoms with Gasteiger partial charge in [0.05, 0.1) is 7.11 Å². The smallest absolute Gasteiger partial charge is 0.128 e. The molecule has 0 aromatic rings. The number of nitrogens with one attached hydrogen (secondary N) is 2. The molecular weight excluding hydrogens is 96.0 g/mol. The molecule has 1 aliphatic rings. The molecule has 0 fully saturated rings. The highest BCUT2D eigenvalue weighted by atomic mass is 16.7. The minimum absolute atomic E-state index is 1.26. The fourth-order valence-corrected chi connectivity index (χ4v) is 0.285. The van der Waals surface area contributed by atoms with Crippen LogP contribution >= 0.6 is 0 Å². The van der Waals surface area contributed by atoms with Crippen molar-refractivity contribution in [3.8, 4) is 0 Å². The Balaban J connectivity index is 2.22. The number of nitrogens with zero attached hydrogens (tertiary/aromatic N) is 2. The number of hydrogen-bond donors (Lipinski definition) is 2. The number of hydrazone groups is 1. The second-order valence-corrected chi connectivity index (χ2v) is 0.964. The maximum atomic E-state index is 4.60. The molecule has 40 valence electrons. The average Bonchev–Trinajstić information content (AvgIpc) is 2.14. The topological polar surface area (TPSA) is 48.9 Å². The second-order valence-electron chi connectivity index (χ2n) is 0.964. The fourth-order valence-electron chi connectivity index (χ4n) is 0.285. The van der Waals surface area contributed by atoms with Crippen LogP contribution in [-0.2, 0) is 4.84 Å². The summed E-state index contributed by atoms with van der Waals surface area (Å²) in [5, 5.41) is 4.81. The molecule has 0 amide bonds. The first-order valence-corrected chi connectivity index (χ1v) is 1.81. The van der Waals surface area contributed by atoms with Crippen LogP contribution in [0.1, 0.15) is 0 Å². The number of hydrazine groups is 2. The largest absolute Gasteiger partial charge is 0.264 e. The lowest BCUT2D eigenvalue weighted by Gasteiger charge is -2.08. The fraction of sp³-hybridized carbons (Fsp3) is 0.500. The summed E-state index contributed by atoms with van der Waals surface area (Å²) in [7, 11) is 1.52. The molecule has 0 spiro atoms. The molecule has 1 aliphatic heterocycles. The van der Waals surface area contributed by atoms with E-state index < -0.39 is 0 Å². The van der Waals surface area contributed by atoms with Crippen LogP contribution < -0.4 is 11.0 Å². The first kappa shape index (κ1) is 4.35. The van der Waals surface area contributed by atoms with E-state index in [1.165, 1.54) is 18.7 Å². The van der Waals surface area contributed by atoms with Gasteiger partial charge in [-0.15, -0.1) is 0 Å². The van der Waals surface area contributed by atoms with Crippen molar-refractivity contribution < 1.29 is 4.84 Å². The molecule has 5 nitrogen and oxygen atoms in total. The van der Waals surface area contributed by atoms with E-state index >= 15 is 0 Å². The van der Waals surface area contributed by atoms with Gasteiger partial charge in [-0.05, 0) is 0 Å². The van der Waals surface area contributed by atoms with Crippen LogP contribution in [0.3, 0.4) is 0 Å². The summed E-state index contributed by atoms with van der Waals surface area (Å²) < 4.78 is 0. The standard InChI is InChI=1S/C2H6N4O/c1-7-6-4-2-3-5-6/h2,5H,1H3,(H,3,4). The lowest BCUT2D eigenvalue weighted by Crippen LogP contribution is -2.37. The molecule has 2 N–H and O–H groups in total. The third kappa shape index (κ3) is 0.787. The van der Waals surface area contributed by atoms with Crippen LogP contribution in [-0.4, -0.2) is 18.7 Å². The Morgan fingerprint density at radius 2 is 2.71 bits per heavy atom. The van der Waals surface area contributed by atoms with Crippen LogP contribution in [0, 0.1) is 0 Å². The van der Waals surface area contributed by atoms with E-state index in [0.29, 0.717) is 0 Å². The van der Waals surface area contributed by atoms with Crippen LogP contribution in [0.4, 0.5) is 0 Å². The molecule has 0 radical (unpaired) electrons. The molecule has 0 aromatic heterocycles. The Morgan fingerprint density at radius 1 is 1.86 bits per heavy atom. The van der Waals surface area contributed by atoms with Gasteiger partial charge in [-0.1, -0.05) is 0 Å². The molecule has 0 aromatic carbocycles. The van der Waals surface area contributed by atoms with Gasteiger partial charge in [0.15, 0.2) is 0 Å². The third-order valence-corrected chi connectivity index (χ3v) is 0.571. The molecule has 0 aliphatic carbocycles. The summed E-state index contributed by atoms with van der Waals surface area (Å²) in [6, 6.07) is 0. The van der Waals surface area contributed by atoms with Gasteiger partial charge >= 0.3 is 0 Å². The SMILES string of the molecule is CON1NC=NN1. The minimum Gasteiger partial charge on any atom is -0.264 e. The minimum atomic E-state index is 1.26. The zero-order valence-corrected chi connectivity index (χ0v) is 3.88. The van der Waals surface area contributed by atoms with E-state index in [2.05, 4.69) is 20.9 Å². The van der Waals surface area contributed by atoms with Crippen molar-refractivity contribution >= 4 is 6.34 Å². The first-order chi connectivity index (χ1) is 3.43. The molecule has 0 saturated carbocycles. The lowest BCUT2D eigenvalue weighted by molar-refractivity contribution is -0.184. The van der Waals surface area contributed by atoms with Crippen molar-refractivity contribution in [1.82, 2.24) is 16.2 Å². The summed E-state index contributed by atoms with van der Waals surface area (Å²) in [4.78, 5) is 4.60. The zero-order chi connectivity index (χ0) is 5.11. The predicted molar refractivity (Wildman–Crippen MR) is 23.6 cm³/mol. The van der Waals surface area contributed by atoms with E-state index in [1.807, 2.05) is 0 Å². The summed E-state index contributed by atoms with van der Waals surface area (Å²) in [5.41, 5.74) is 5.09. The van der Waals surface area contributed by atoms with Gasteiger partial charge in [-0.25, -0.2) is 0 Å².